The first-order valence-corrected chi connectivity index (χ1v) is 13.7. The van der Waals surface area contributed by atoms with Gasteiger partial charge < -0.3 is 4.90 Å². The number of nitro benzene ring substituents is 1. The lowest BCUT2D eigenvalue weighted by Gasteiger charge is -2.47. The summed E-state index contributed by atoms with van der Waals surface area (Å²) in [6, 6.07) is 29.9. The van der Waals surface area contributed by atoms with Gasteiger partial charge in [-0.25, -0.2) is 4.68 Å². The Hall–Kier alpha value is -4.56. The van der Waals surface area contributed by atoms with E-state index in [9.17, 15) is 14.9 Å². The molecule has 1 aromatic heterocycles. The highest BCUT2D eigenvalue weighted by Crippen LogP contribution is 2.51. The summed E-state index contributed by atoms with van der Waals surface area (Å²) in [6.07, 6.45) is 1.91. The van der Waals surface area contributed by atoms with Gasteiger partial charge in [-0.05, 0) is 79.1 Å². The number of aromatic nitrogens is 2. The van der Waals surface area contributed by atoms with Crippen molar-refractivity contribution < 1.29 is 9.72 Å². The molecule has 1 amide bonds. The molecule has 8 heteroatoms. The lowest BCUT2D eigenvalue weighted by molar-refractivity contribution is -0.384. The van der Waals surface area contributed by atoms with Crippen LogP contribution >= 0.6 is 15.9 Å². The minimum atomic E-state index is -0.495. The largest absolute Gasteiger partial charge is 0.303 e. The Bertz CT molecular complexity index is 1730. The SMILES string of the molecule is Cc1ccc(N2C(=O)[C@H](c3cn(-c4ccccc4)nc3-c3ccc([N+](=O)[O-])cc3)[C@H]2c2ccc(Br)cc2)cc1C. The van der Waals surface area contributed by atoms with Crippen molar-refractivity contribution in [2.75, 3.05) is 4.90 Å². The van der Waals surface area contributed by atoms with Crippen LogP contribution in [0.1, 0.15) is 34.2 Å². The fourth-order valence-corrected chi connectivity index (χ4v) is 5.51. The smallest absolute Gasteiger partial charge is 0.269 e. The van der Waals surface area contributed by atoms with E-state index in [1.165, 1.54) is 12.1 Å². The zero-order valence-electron chi connectivity index (χ0n) is 21.9. The van der Waals surface area contributed by atoms with E-state index in [-0.39, 0.29) is 17.6 Å². The van der Waals surface area contributed by atoms with Gasteiger partial charge in [-0.3, -0.25) is 14.9 Å². The van der Waals surface area contributed by atoms with E-state index >= 15 is 0 Å². The van der Waals surface area contributed by atoms with Gasteiger partial charge in [0.2, 0.25) is 5.91 Å². The van der Waals surface area contributed by atoms with Crippen molar-refractivity contribution in [3.63, 3.8) is 0 Å². The number of benzene rings is 4. The van der Waals surface area contributed by atoms with Gasteiger partial charge >= 0.3 is 0 Å². The fraction of sp³-hybridized carbons (Fsp3) is 0.125. The lowest BCUT2D eigenvalue weighted by Crippen LogP contribution is -2.53. The number of amides is 1. The first-order valence-electron chi connectivity index (χ1n) is 12.9. The van der Waals surface area contributed by atoms with Gasteiger partial charge in [0.25, 0.3) is 5.69 Å². The predicted octanol–water partition coefficient (Wildman–Crippen LogP) is 7.70. The van der Waals surface area contributed by atoms with E-state index in [4.69, 9.17) is 5.10 Å². The molecule has 2 atom stereocenters. The van der Waals surface area contributed by atoms with Crippen molar-refractivity contribution in [1.82, 2.24) is 9.78 Å². The highest BCUT2D eigenvalue weighted by atomic mass is 79.9. The average Bonchev–Trinajstić information content (AvgIpc) is 3.39. The number of anilines is 1. The number of carbonyl (C=O) groups is 1. The third-order valence-corrected chi connectivity index (χ3v) is 8.06. The van der Waals surface area contributed by atoms with Gasteiger partial charge in [0.1, 0.15) is 0 Å². The molecular weight excluding hydrogens is 568 g/mol. The Labute approximate surface area is 240 Å². The van der Waals surface area contributed by atoms with Crippen LogP contribution in [0.25, 0.3) is 16.9 Å². The number of carbonyl (C=O) groups excluding carboxylic acids is 1. The van der Waals surface area contributed by atoms with Crippen LogP contribution < -0.4 is 4.90 Å². The van der Waals surface area contributed by atoms with Crippen molar-refractivity contribution in [3.05, 3.63) is 140 Å². The maximum atomic E-state index is 14.1. The van der Waals surface area contributed by atoms with Crippen molar-refractivity contribution >= 4 is 33.2 Å². The topological polar surface area (TPSA) is 81.3 Å². The van der Waals surface area contributed by atoms with Gasteiger partial charge in [0.05, 0.1) is 28.3 Å². The Morgan fingerprint density at radius 3 is 2.20 bits per heavy atom. The second-order valence-corrected chi connectivity index (χ2v) is 10.9. The molecule has 2 heterocycles. The summed E-state index contributed by atoms with van der Waals surface area (Å²) < 4.78 is 2.73. The molecule has 40 heavy (non-hydrogen) atoms. The summed E-state index contributed by atoms with van der Waals surface area (Å²) in [5.41, 5.74) is 7.11. The molecule has 198 valence electrons. The van der Waals surface area contributed by atoms with Crippen LogP contribution in [0.4, 0.5) is 11.4 Å². The summed E-state index contributed by atoms with van der Waals surface area (Å²) >= 11 is 3.53. The second kappa shape index (κ2) is 10.2. The number of non-ortho nitro benzene ring substituents is 1. The number of para-hydroxylation sites is 1. The molecule has 1 saturated heterocycles. The van der Waals surface area contributed by atoms with Crippen LogP contribution in [0, 0.1) is 24.0 Å². The number of nitrogens with zero attached hydrogens (tertiary/aromatic N) is 4. The van der Waals surface area contributed by atoms with E-state index < -0.39 is 10.8 Å². The Balaban J connectivity index is 1.51. The number of aryl methyl sites for hydroxylation is 2. The molecule has 1 aliphatic heterocycles. The Morgan fingerprint density at radius 2 is 1.55 bits per heavy atom. The third-order valence-electron chi connectivity index (χ3n) is 7.53. The van der Waals surface area contributed by atoms with Crippen LogP contribution in [-0.4, -0.2) is 20.6 Å². The van der Waals surface area contributed by atoms with Gasteiger partial charge in [-0.1, -0.05) is 52.3 Å². The number of hydrogen-bond donors (Lipinski definition) is 0. The molecule has 5 aromatic rings. The van der Waals surface area contributed by atoms with E-state index in [1.54, 1.807) is 16.8 Å². The number of halogens is 1. The molecule has 1 fully saturated rings. The molecule has 7 nitrogen and oxygen atoms in total. The summed E-state index contributed by atoms with van der Waals surface area (Å²) in [4.78, 5) is 26.8. The van der Waals surface area contributed by atoms with Crippen LogP contribution in [0.3, 0.4) is 0 Å². The summed E-state index contributed by atoms with van der Waals surface area (Å²) in [7, 11) is 0. The second-order valence-electron chi connectivity index (χ2n) is 9.97. The van der Waals surface area contributed by atoms with Gasteiger partial charge in [0, 0.05) is 39.6 Å². The summed E-state index contributed by atoms with van der Waals surface area (Å²) in [5, 5.41) is 16.2. The molecule has 0 unspecified atom stereocenters. The molecule has 0 radical (unpaired) electrons. The van der Waals surface area contributed by atoms with E-state index in [0.29, 0.717) is 11.3 Å². The van der Waals surface area contributed by atoms with Crippen molar-refractivity contribution in [1.29, 1.82) is 0 Å². The maximum Gasteiger partial charge on any atom is 0.269 e. The van der Waals surface area contributed by atoms with E-state index in [2.05, 4.69) is 28.9 Å². The van der Waals surface area contributed by atoms with Gasteiger partial charge in [-0.2, -0.15) is 5.10 Å². The molecule has 1 aliphatic rings. The standard InChI is InChI=1S/C32H25BrN4O3/c1-20-8-15-27(18-21(20)2)36-31(23-9-13-24(33)14-10-23)29(32(36)38)28-19-35(25-6-4-3-5-7-25)34-30(28)22-11-16-26(17-12-22)37(39)40/h3-19,29,31H,1-2H3/t29-,31-/m1/s1. The van der Waals surface area contributed by atoms with Gasteiger partial charge in [0.15, 0.2) is 0 Å². The highest BCUT2D eigenvalue weighted by molar-refractivity contribution is 9.10. The van der Waals surface area contributed by atoms with Crippen molar-refractivity contribution in [2.45, 2.75) is 25.8 Å². The Kier molecular flexibility index (Phi) is 6.56. The number of rotatable bonds is 6. The number of β-lactam (4-membered cyclic amide) rings is 1. The van der Waals surface area contributed by atoms with E-state index in [1.807, 2.05) is 84.8 Å². The molecule has 0 saturated carbocycles. The summed E-state index contributed by atoms with van der Waals surface area (Å²) in [6.45, 7) is 4.10. The number of nitro groups is 1. The normalized spacial score (nSPS) is 16.6. The van der Waals surface area contributed by atoms with Crippen LogP contribution in [-0.2, 0) is 4.79 Å². The Morgan fingerprint density at radius 1 is 0.850 bits per heavy atom. The minimum absolute atomic E-state index is 0.00108. The monoisotopic (exact) mass is 592 g/mol. The molecule has 0 bridgehead atoms. The zero-order chi connectivity index (χ0) is 28.0. The van der Waals surface area contributed by atoms with Gasteiger partial charge in [-0.15, -0.1) is 0 Å². The van der Waals surface area contributed by atoms with Crippen LogP contribution in [0.2, 0.25) is 0 Å². The first-order chi connectivity index (χ1) is 19.3. The van der Waals surface area contributed by atoms with E-state index in [0.717, 1.165) is 38.1 Å². The van der Waals surface area contributed by atoms with Crippen LogP contribution in [0.15, 0.2) is 108 Å². The highest BCUT2D eigenvalue weighted by Gasteiger charge is 2.51. The average molecular weight is 593 g/mol. The lowest BCUT2D eigenvalue weighted by atomic mass is 9.76. The maximum absolute atomic E-state index is 14.1. The van der Waals surface area contributed by atoms with Crippen molar-refractivity contribution in [3.8, 4) is 16.9 Å². The quantitative estimate of drug-likeness (QED) is 0.115. The third kappa shape index (κ3) is 4.50. The fourth-order valence-electron chi connectivity index (χ4n) is 5.25. The molecule has 0 spiro atoms. The van der Waals surface area contributed by atoms with Crippen molar-refractivity contribution in [2.24, 2.45) is 0 Å². The number of hydrogen-bond acceptors (Lipinski definition) is 4. The molecule has 0 aliphatic carbocycles. The zero-order valence-corrected chi connectivity index (χ0v) is 23.4. The molecule has 0 N–H and O–H groups in total. The molecular formula is C32H25BrN4O3. The van der Waals surface area contributed by atoms with Crippen LogP contribution in [0.5, 0.6) is 0 Å². The molecule has 4 aromatic carbocycles. The predicted molar refractivity (Wildman–Crippen MR) is 159 cm³/mol. The summed E-state index contributed by atoms with van der Waals surface area (Å²) in [5.74, 6) is -0.516. The minimum Gasteiger partial charge on any atom is -0.303 e. The molecule has 6 rings (SSSR count). The first kappa shape index (κ1) is 25.7.